The average Bonchev–Trinajstić information content (AvgIpc) is 2.47. The summed E-state index contributed by atoms with van der Waals surface area (Å²) < 4.78 is 11.1. The van der Waals surface area contributed by atoms with Gasteiger partial charge in [0.1, 0.15) is 18.3 Å². The lowest BCUT2D eigenvalue weighted by Gasteiger charge is -2.43. The van der Waals surface area contributed by atoms with Crippen LogP contribution < -0.4 is 0 Å². The first-order valence-corrected chi connectivity index (χ1v) is 8.30. The first kappa shape index (κ1) is 18.6. The van der Waals surface area contributed by atoms with E-state index < -0.39 is 36.7 Å². The van der Waals surface area contributed by atoms with E-state index in [9.17, 15) is 20.1 Å². The van der Waals surface area contributed by atoms with Crippen LogP contribution in [0, 0.1) is 17.8 Å². The van der Waals surface area contributed by atoms with Crippen LogP contribution in [0.4, 0.5) is 0 Å². The van der Waals surface area contributed by atoms with Gasteiger partial charge in [0.25, 0.3) is 0 Å². The first-order valence-electron chi connectivity index (χ1n) is 8.30. The Hall–Kier alpha value is -0.730. The van der Waals surface area contributed by atoms with Gasteiger partial charge in [-0.15, -0.1) is 0 Å². The molecule has 4 N–H and O–H groups in total. The van der Waals surface area contributed by atoms with Gasteiger partial charge >= 0.3 is 5.97 Å². The molecule has 7 nitrogen and oxygen atoms in total. The van der Waals surface area contributed by atoms with E-state index in [-0.39, 0.29) is 12.0 Å². The van der Waals surface area contributed by atoms with Crippen molar-refractivity contribution in [2.45, 2.75) is 76.8 Å². The fourth-order valence-corrected chi connectivity index (χ4v) is 3.61. The Balaban J connectivity index is 2.11. The van der Waals surface area contributed by atoms with Gasteiger partial charge in [-0.3, -0.25) is 0 Å². The highest BCUT2D eigenvalue weighted by molar-refractivity contribution is 5.73. The van der Waals surface area contributed by atoms with E-state index in [0.717, 1.165) is 19.3 Å². The third kappa shape index (κ3) is 4.03. The molecule has 0 aromatic rings. The molecule has 2 unspecified atom stereocenters. The second kappa shape index (κ2) is 7.44. The molecule has 1 aliphatic heterocycles. The number of carboxylic acid groups (broad SMARTS) is 1. The van der Waals surface area contributed by atoms with Crippen LogP contribution in [0.5, 0.6) is 0 Å². The maximum Gasteiger partial charge on any atom is 0.335 e. The predicted molar refractivity (Wildman–Crippen MR) is 80.5 cm³/mol. The largest absolute Gasteiger partial charge is 0.479 e. The van der Waals surface area contributed by atoms with Crippen molar-refractivity contribution in [2.75, 3.05) is 0 Å². The van der Waals surface area contributed by atoms with E-state index >= 15 is 0 Å². The predicted octanol–water partition coefficient (Wildman–Crippen LogP) is 0.356. The Morgan fingerprint density at radius 2 is 1.78 bits per heavy atom. The van der Waals surface area contributed by atoms with E-state index in [1.165, 1.54) is 0 Å². The van der Waals surface area contributed by atoms with Crippen molar-refractivity contribution in [1.82, 2.24) is 0 Å². The van der Waals surface area contributed by atoms with Gasteiger partial charge in [0, 0.05) is 0 Å². The number of aliphatic hydroxyl groups is 3. The molecule has 134 valence electrons. The van der Waals surface area contributed by atoms with Crippen molar-refractivity contribution < 1.29 is 34.7 Å². The average molecular weight is 332 g/mol. The van der Waals surface area contributed by atoms with Gasteiger partial charge in [-0.1, -0.05) is 27.2 Å². The fourth-order valence-electron chi connectivity index (χ4n) is 3.61. The summed E-state index contributed by atoms with van der Waals surface area (Å²) in [7, 11) is 0. The molecule has 0 spiro atoms. The van der Waals surface area contributed by atoms with Gasteiger partial charge in [-0.2, -0.15) is 0 Å². The topological polar surface area (TPSA) is 116 Å². The molecule has 0 aromatic heterocycles. The van der Waals surface area contributed by atoms with Crippen molar-refractivity contribution in [1.29, 1.82) is 0 Å². The lowest BCUT2D eigenvalue weighted by molar-refractivity contribution is -0.311. The summed E-state index contributed by atoms with van der Waals surface area (Å²) in [4.78, 5) is 11.1. The zero-order valence-corrected chi connectivity index (χ0v) is 13.8. The standard InChI is InChI=1S/C16H28O7/c1-7(2)9-5-4-8(3)6-10(9)22-16-13(19)11(17)12(18)14(23-16)15(20)21/h7-14,16-19H,4-6H2,1-3H3,(H,20,21)/t8?,9?,10-,11+,12+,13+,14-,16+/m1/s1. The van der Waals surface area contributed by atoms with Gasteiger partial charge in [0.15, 0.2) is 12.4 Å². The van der Waals surface area contributed by atoms with Crippen LogP contribution >= 0.6 is 0 Å². The third-order valence-electron chi connectivity index (χ3n) is 5.08. The highest BCUT2D eigenvalue weighted by Crippen LogP contribution is 2.37. The van der Waals surface area contributed by atoms with Crippen LogP contribution in [0.3, 0.4) is 0 Å². The Bertz CT molecular complexity index is 413. The molecule has 0 amide bonds. The Kier molecular flexibility index (Phi) is 6.02. The molecule has 2 aliphatic rings. The second-order valence-electron chi connectivity index (χ2n) is 7.24. The molecule has 7 heteroatoms. The summed E-state index contributed by atoms with van der Waals surface area (Å²) in [5.41, 5.74) is 0. The summed E-state index contributed by atoms with van der Waals surface area (Å²) >= 11 is 0. The molecule has 0 bridgehead atoms. The summed E-state index contributed by atoms with van der Waals surface area (Å²) in [6.45, 7) is 6.34. The molecule has 2 rings (SSSR count). The van der Waals surface area contributed by atoms with Gasteiger partial charge in [0.2, 0.25) is 0 Å². The minimum atomic E-state index is -1.69. The third-order valence-corrected chi connectivity index (χ3v) is 5.08. The maximum atomic E-state index is 11.1. The molecular formula is C16H28O7. The summed E-state index contributed by atoms with van der Waals surface area (Å²) in [5, 5.41) is 38.7. The number of aliphatic hydroxyl groups excluding tert-OH is 3. The summed E-state index contributed by atoms with van der Waals surface area (Å²) in [6, 6.07) is 0. The van der Waals surface area contributed by atoms with E-state index in [0.29, 0.717) is 11.8 Å². The highest BCUT2D eigenvalue weighted by Gasteiger charge is 2.48. The molecular weight excluding hydrogens is 304 g/mol. The van der Waals surface area contributed by atoms with Crippen LogP contribution in [0.2, 0.25) is 0 Å². The second-order valence-corrected chi connectivity index (χ2v) is 7.24. The number of ether oxygens (including phenoxy) is 2. The number of rotatable bonds is 4. The van der Waals surface area contributed by atoms with Crippen LogP contribution in [0.1, 0.15) is 40.0 Å². The quantitative estimate of drug-likeness (QED) is 0.587. The molecule has 23 heavy (non-hydrogen) atoms. The van der Waals surface area contributed by atoms with E-state index in [1.807, 2.05) is 0 Å². The van der Waals surface area contributed by atoms with Crippen molar-refractivity contribution in [3.63, 3.8) is 0 Å². The van der Waals surface area contributed by atoms with Crippen LogP contribution in [-0.2, 0) is 14.3 Å². The van der Waals surface area contributed by atoms with E-state index in [2.05, 4.69) is 20.8 Å². The monoisotopic (exact) mass is 332 g/mol. The smallest absolute Gasteiger partial charge is 0.335 e. The Morgan fingerprint density at radius 1 is 1.13 bits per heavy atom. The number of carboxylic acids is 1. The summed E-state index contributed by atoms with van der Waals surface area (Å²) in [5.74, 6) is -0.246. The number of aliphatic carboxylic acids is 1. The van der Waals surface area contributed by atoms with Gasteiger partial charge in [-0.05, 0) is 30.6 Å². The zero-order chi connectivity index (χ0) is 17.3. The number of hydrogen-bond donors (Lipinski definition) is 4. The number of hydrogen-bond acceptors (Lipinski definition) is 6. The lowest BCUT2D eigenvalue weighted by atomic mass is 9.75. The SMILES string of the molecule is CC1CCC(C(C)C)[C@H](O[C@H]2O[C@@H](C(=O)O)[C@@H](O)[C@H](O)[C@@H]2O)C1. The van der Waals surface area contributed by atoms with Crippen molar-refractivity contribution >= 4 is 5.97 Å². The molecule has 1 aliphatic carbocycles. The van der Waals surface area contributed by atoms with Crippen LogP contribution in [-0.4, -0.2) is 63.2 Å². The molecule has 0 radical (unpaired) electrons. The molecule has 2 fully saturated rings. The lowest BCUT2D eigenvalue weighted by Crippen LogP contribution is -2.61. The van der Waals surface area contributed by atoms with Gasteiger partial charge in [-0.25, -0.2) is 4.79 Å². The Morgan fingerprint density at radius 3 is 2.35 bits per heavy atom. The van der Waals surface area contributed by atoms with Crippen molar-refractivity contribution in [3.8, 4) is 0 Å². The molecule has 0 aromatic carbocycles. The normalized spacial score (nSPS) is 45.2. The van der Waals surface area contributed by atoms with Crippen LogP contribution in [0.15, 0.2) is 0 Å². The van der Waals surface area contributed by atoms with Gasteiger partial charge < -0.3 is 29.9 Å². The number of carbonyl (C=O) groups is 1. The molecule has 8 atom stereocenters. The van der Waals surface area contributed by atoms with E-state index in [4.69, 9.17) is 14.6 Å². The van der Waals surface area contributed by atoms with E-state index in [1.54, 1.807) is 0 Å². The Labute approximate surface area is 136 Å². The molecule has 1 saturated heterocycles. The van der Waals surface area contributed by atoms with Crippen LogP contribution in [0.25, 0.3) is 0 Å². The van der Waals surface area contributed by atoms with Crippen molar-refractivity contribution in [2.24, 2.45) is 17.8 Å². The molecule has 1 saturated carbocycles. The maximum absolute atomic E-state index is 11.1. The minimum absolute atomic E-state index is 0.171. The minimum Gasteiger partial charge on any atom is -0.479 e. The molecule has 1 heterocycles. The van der Waals surface area contributed by atoms with Crippen molar-refractivity contribution in [3.05, 3.63) is 0 Å². The van der Waals surface area contributed by atoms with Gasteiger partial charge in [0.05, 0.1) is 6.10 Å². The highest BCUT2D eigenvalue weighted by atomic mass is 16.7. The fraction of sp³-hybridized carbons (Fsp3) is 0.938. The summed E-state index contributed by atoms with van der Waals surface area (Å²) in [6.07, 6.45) is -4.92. The first-order chi connectivity index (χ1) is 10.7. The zero-order valence-electron chi connectivity index (χ0n) is 13.8.